The quantitative estimate of drug-likeness (QED) is 0.696. The van der Waals surface area contributed by atoms with E-state index in [1.54, 1.807) is 48.5 Å². The molecule has 1 aliphatic heterocycles. The van der Waals surface area contributed by atoms with Gasteiger partial charge in [0.25, 0.3) is 11.1 Å². The van der Waals surface area contributed by atoms with Crippen molar-refractivity contribution < 1.29 is 9.59 Å². The van der Waals surface area contributed by atoms with Crippen LogP contribution in [0.5, 0.6) is 0 Å². The maximum Gasteiger partial charge on any atom is 0.298 e. The zero-order chi connectivity index (χ0) is 15.7. The predicted molar refractivity (Wildman–Crippen MR) is 91.4 cm³/mol. The summed E-state index contributed by atoms with van der Waals surface area (Å²) < 4.78 is 0. The van der Waals surface area contributed by atoms with Gasteiger partial charge in [0.15, 0.2) is 0 Å². The summed E-state index contributed by atoms with van der Waals surface area (Å²) in [6.07, 6.45) is 1.66. The van der Waals surface area contributed by atoms with Crippen LogP contribution in [0.15, 0.2) is 53.4 Å². The smallest absolute Gasteiger partial charge is 0.268 e. The van der Waals surface area contributed by atoms with Gasteiger partial charge >= 0.3 is 0 Å². The molecule has 2 amide bonds. The Morgan fingerprint density at radius 3 is 2.36 bits per heavy atom. The van der Waals surface area contributed by atoms with Crippen LogP contribution < -0.4 is 4.90 Å². The van der Waals surface area contributed by atoms with Crippen molar-refractivity contribution in [3.05, 3.63) is 69.0 Å². The first-order valence-electron chi connectivity index (χ1n) is 6.34. The first-order chi connectivity index (χ1) is 10.5. The van der Waals surface area contributed by atoms with Crippen LogP contribution in [-0.4, -0.2) is 11.1 Å². The second-order valence-corrected chi connectivity index (χ2v) is 6.41. The van der Waals surface area contributed by atoms with Gasteiger partial charge in [-0.25, -0.2) is 4.90 Å². The number of carbonyl (C=O) groups is 2. The molecule has 0 spiro atoms. The molecular formula is C16H9Cl2NO2S. The van der Waals surface area contributed by atoms with Gasteiger partial charge in [0, 0.05) is 10.0 Å². The van der Waals surface area contributed by atoms with E-state index >= 15 is 0 Å². The van der Waals surface area contributed by atoms with Gasteiger partial charge in [0.1, 0.15) is 0 Å². The van der Waals surface area contributed by atoms with E-state index < -0.39 is 0 Å². The minimum atomic E-state index is -0.350. The third-order valence-corrected chi connectivity index (χ3v) is 4.38. The van der Waals surface area contributed by atoms with E-state index in [0.29, 0.717) is 20.6 Å². The number of imide groups is 1. The Balaban J connectivity index is 1.93. The molecule has 1 heterocycles. The van der Waals surface area contributed by atoms with Gasteiger partial charge in [-0.1, -0.05) is 35.3 Å². The molecule has 2 aromatic carbocycles. The monoisotopic (exact) mass is 349 g/mol. The van der Waals surface area contributed by atoms with Crippen LogP contribution in [0.2, 0.25) is 10.0 Å². The topological polar surface area (TPSA) is 37.4 Å². The Bertz CT molecular complexity index is 787. The maximum absolute atomic E-state index is 12.4. The average molecular weight is 350 g/mol. The molecule has 0 aromatic heterocycles. The lowest BCUT2D eigenvalue weighted by molar-refractivity contribution is -0.113. The summed E-state index contributed by atoms with van der Waals surface area (Å²) >= 11 is 12.7. The number of carbonyl (C=O) groups excluding carboxylic acids is 2. The van der Waals surface area contributed by atoms with Gasteiger partial charge in [-0.3, -0.25) is 9.59 Å². The molecule has 2 aromatic rings. The predicted octanol–water partition coefficient (Wildman–Crippen LogP) is 5.23. The number of hydrogen-bond donors (Lipinski definition) is 0. The Labute approximate surface area is 141 Å². The summed E-state index contributed by atoms with van der Waals surface area (Å²) in [6.45, 7) is 0. The molecule has 0 aliphatic carbocycles. The molecule has 3 rings (SSSR count). The van der Waals surface area contributed by atoms with Crippen molar-refractivity contribution in [3.63, 3.8) is 0 Å². The first kappa shape index (κ1) is 15.2. The van der Waals surface area contributed by atoms with Crippen molar-refractivity contribution in [3.8, 4) is 0 Å². The number of nitrogens with zero attached hydrogens (tertiary/aromatic N) is 1. The van der Waals surface area contributed by atoms with Gasteiger partial charge < -0.3 is 0 Å². The highest BCUT2D eigenvalue weighted by atomic mass is 35.5. The van der Waals surface area contributed by atoms with Crippen LogP contribution in [0.3, 0.4) is 0 Å². The number of benzene rings is 2. The summed E-state index contributed by atoms with van der Waals surface area (Å²) in [6, 6.07) is 13.7. The third-order valence-electron chi connectivity index (χ3n) is 3.02. The van der Waals surface area contributed by atoms with Crippen LogP contribution in [-0.2, 0) is 4.79 Å². The van der Waals surface area contributed by atoms with Crippen LogP contribution in [0, 0.1) is 0 Å². The Morgan fingerprint density at radius 1 is 0.955 bits per heavy atom. The number of rotatable bonds is 2. The molecule has 3 nitrogen and oxygen atoms in total. The molecule has 1 fully saturated rings. The number of anilines is 1. The summed E-state index contributed by atoms with van der Waals surface area (Å²) in [5.74, 6) is -0.350. The minimum Gasteiger partial charge on any atom is -0.268 e. The van der Waals surface area contributed by atoms with Gasteiger partial charge in [-0.05, 0) is 59.8 Å². The SMILES string of the molecule is O=C1SC(=Cc2cccc(Cl)c2)C(=O)N1c1ccc(Cl)cc1. The largest absolute Gasteiger partial charge is 0.298 e. The second kappa shape index (κ2) is 6.16. The van der Waals surface area contributed by atoms with Gasteiger partial charge in [-0.15, -0.1) is 0 Å². The molecule has 1 saturated heterocycles. The highest BCUT2D eigenvalue weighted by Crippen LogP contribution is 2.36. The minimum absolute atomic E-state index is 0.333. The van der Waals surface area contributed by atoms with E-state index in [1.807, 2.05) is 6.07 Å². The van der Waals surface area contributed by atoms with E-state index in [0.717, 1.165) is 22.2 Å². The Morgan fingerprint density at radius 2 is 1.68 bits per heavy atom. The van der Waals surface area contributed by atoms with Crippen molar-refractivity contribution >= 4 is 57.9 Å². The molecular weight excluding hydrogens is 341 g/mol. The van der Waals surface area contributed by atoms with Crippen LogP contribution in [0.4, 0.5) is 10.5 Å². The fourth-order valence-electron chi connectivity index (χ4n) is 2.03. The number of halogens is 2. The lowest BCUT2D eigenvalue weighted by atomic mass is 10.2. The molecule has 110 valence electrons. The molecule has 0 unspecified atom stereocenters. The molecule has 0 N–H and O–H groups in total. The standard InChI is InChI=1S/C16H9Cl2NO2S/c17-11-4-6-13(7-5-11)19-15(20)14(22-16(19)21)9-10-2-1-3-12(18)8-10/h1-9H. The van der Waals surface area contributed by atoms with Crippen LogP contribution >= 0.6 is 35.0 Å². The van der Waals surface area contributed by atoms with Crippen molar-refractivity contribution in [1.82, 2.24) is 0 Å². The third kappa shape index (κ3) is 3.04. The van der Waals surface area contributed by atoms with Crippen LogP contribution in [0.25, 0.3) is 6.08 Å². The van der Waals surface area contributed by atoms with Gasteiger partial charge in [-0.2, -0.15) is 0 Å². The fourth-order valence-corrected chi connectivity index (χ4v) is 3.19. The molecule has 1 aliphatic rings. The lowest BCUT2D eigenvalue weighted by Crippen LogP contribution is -2.27. The summed E-state index contributed by atoms with van der Waals surface area (Å²) in [5, 5.41) is 0.788. The van der Waals surface area contributed by atoms with E-state index in [9.17, 15) is 9.59 Å². The highest BCUT2D eigenvalue weighted by Gasteiger charge is 2.36. The molecule has 0 saturated carbocycles. The number of amides is 2. The number of hydrogen-bond acceptors (Lipinski definition) is 3. The Hall–Kier alpha value is -1.75. The van der Waals surface area contributed by atoms with E-state index in [-0.39, 0.29) is 11.1 Å². The molecule has 22 heavy (non-hydrogen) atoms. The zero-order valence-electron chi connectivity index (χ0n) is 11.1. The lowest BCUT2D eigenvalue weighted by Gasteiger charge is -2.12. The van der Waals surface area contributed by atoms with E-state index in [1.165, 1.54) is 0 Å². The van der Waals surface area contributed by atoms with E-state index in [4.69, 9.17) is 23.2 Å². The maximum atomic E-state index is 12.4. The van der Waals surface area contributed by atoms with Crippen molar-refractivity contribution in [2.75, 3.05) is 4.90 Å². The van der Waals surface area contributed by atoms with E-state index in [2.05, 4.69) is 0 Å². The summed E-state index contributed by atoms with van der Waals surface area (Å²) in [4.78, 5) is 26.0. The summed E-state index contributed by atoms with van der Waals surface area (Å²) in [7, 11) is 0. The summed E-state index contributed by atoms with van der Waals surface area (Å²) in [5.41, 5.74) is 1.27. The van der Waals surface area contributed by atoms with Crippen molar-refractivity contribution in [1.29, 1.82) is 0 Å². The molecule has 0 bridgehead atoms. The van der Waals surface area contributed by atoms with Crippen molar-refractivity contribution in [2.45, 2.75) is 0 Å². The molecule has 0 atom stereocenters. The average Bonchev–Trinajstić information content (AvgIpc) is 2.75. The van der Waals surface area contributed by atoms with Crippen LogP contribution in [0.1, 0.15) is 5.56 Å². The first-order valence-corrected chi connectivity index (χ1v) is 7.91. The molecule has 0 radical (unpaired) electrons. The normalized spacial score (nSPS) is 16.6. The fraction of sp³-hybridized carbons (Fsp3) is 0. The van der Waals surface area contributed by atoms with Gasteiger partial charge in [0.2, 0.25) is 0 Å². The number of thioether (sulfide) groups is 1. The highest BCUT2D eigenvalue weighted by molar-refractivity contribution is 8.19. The van der Waals surface area contributed by atoms with Crippen molar-refractivity contribution in [2.24, 2.45) is 0 Å². The second-order valence-electron chi connectivity index (χ2n) is 4.55. The molecule has 6 heteroatoms. The Kier molecular flexibility index (Phi) is 4.25. The van der Waals surface area contributed by atoms with Gasteiger partial charge in [0.05, 0.1) is 10.6 Å². The zero-order valence-corrected chi connectivity index (χ0v) is 13.5.